The number of unbranched alkanes of at least 4 members (excludes halogenated alkanes) is 2. The van der Waals surface area contributed by atoms with Crippen LogP contribution in [0.4, 0.5) is 26.2 Å². The van der Waals surface area contributed by atoms with Crippen LogP contribution in [0.5, 0.6) is 0 Å². The van der Waals surface area contributed by atoms with Gasteiger partial charge in [0.15, 0.2) is 10.8 Å². The number of rotatable bonds is 37. The van der Waals surface area contributed by atoms with E-state index in [1.165, 1.54) is 16.2 Å². The van der Waals surface area contributed by atoms with Gasteiger partial charge in [-0.25, -0.2) is 24.4 Å². The first-order valence-corrected chi connectivity index (χ1v) is 38.3. The molecule has 3 aliphatic rings. The van der Waals surface area contributed by atoms with Crippen molar-refractivity contribution in [2.75, 3.05) is 60.6 Å². The van der Waals surface area contributed by atoms with Gasteiger partial charge in [-0.2, -0.15) is 13.5 Å². The van der Waals surface area contributed by atoms with Gasteiger partial charge in [0.1, 0.15) is 24.5 Å². The molecule has 8 amide bonds. The van der Waals surface area contributed by atoms with E-state index in [1.807, 2.05) is 59.0 Å². The number of primary amides is 1. The van der Waals surface area contributed by atoms with Gasteiger partial charge in [0.25, 0.3) is 16.0 Å². The maximum absolute atomic E-state index is 13.9. The molecule has 4 heterocycles. The molecule has 11 N–H and O–H groups in total. The van der Waals surface area contributed by atoms with Crippen LogP contribution < -0.4 is 42.5 Å². The predicted octanol–water partition coefficient (Wildman–Crippen LogP) is 9.37. The lowest BCUT2D eigenvalue weighted by Crippen LogP contribution is -2.55. The fourth-order valence-corrected chi connectivity index (χ4v) is 16.4. The van der Waals surface area contributed by atoms with Gasteiger partial charge in [-0.15, -0.1) is 0 Å². The van der Waals surface area contributed by atoms with Crippen LogP contribution in [0, 0.1) is 23.7 Å². The van der Waals surface area contributed by atoms with Gasteiger partial charge in [0.05, 0.1) is 40.8 Å². The van der Waals surface area contributed by atoms with Crippen molar-refractivity contribution in [1.29, 1.82) is 0 Å². The molecule has 2 fully saturated rings. The summed E-state index contributed by atoms with van der Waals surface area (Å²) in [7, 11) is -4.52. The summed E-state index contributed by atoms with van der Waals surface area (Å²) < 4.78 is 49.8. The lowest BCUT2D eigenvalue weighted by molar-refractivity contribution is -0.174. The van der Waals surface area contributed by atoms with Gasteiger partial charge in [0.2, 0.25) is 23.6 Å². The third-order valence-electron chi connectivity index (χ3n) is 19.8. The summed E-state index contributed by atoms with van der Waals surface area (Å²) in [5.74, 6) is -5.23. The number of pyridine rings is 1. The highest BCUT2D eigenvalue weighted by Gasteiger charge is 2.56. The number of carboxylic acids is 2. The fourth-order valence-electron chi connectivity index (χ4n) is 15.1. The maximum Gasteiger partial charge on any atom is 0.410 e. The molecule has 9 rings (SSSR count). The zero-order chi connectivity index (χ0) is 75.6. The molecule has 29 nitrogen and oxygen atoms in total. The van der Waals surface area contributed by atoms with E-state index in [2.05, 4.69) is 50.7 Å². The van der Waals surface area contributed by atoms with E-state index in [0.717, 1.165) is 72.0 Å². The topological polar surface area (TPSA) is 415 Å². The number of aliphatic carboxylic acids is 1. The number of benzene rings is 3. The summed E-state index contributed by atoms with van der Waals surface area (Å²) in [5.41, 5.74) is 9.83. The summed E-state index contributed by atoms with van der Waals surface area (Å²) in [5, 5.41) is 41.4. The number of nitrogens with two attached hydrogens (primary N) is 1. The Kier molecular flexibility index (Phi) is 27.2. The van der Waals surface area contributed by atoms with Crippen molar-refractivity contribution in [1.82, 2.24) is 45.9 Å². The van der Waals surface area contributed by atoms with Gasteiger partial charge < -0.3 is 61.8 Å². The minimum atomic E-state index is -4.52. The number of urea groups is 1. The van der Waals surface area contributed by atoms with E-state index in [4.69, 9.17) is 30.4 Å². The minimum absolute atomic E-state index is 0.0199. The number of carbonyl (C=O) groups is 9. The quantitative estimate of drug-likeness (QED) is 0.0128. The Morgan fingerprint density at radius 2 is 1.57 bits per heavy atom. The van der Waals surface area contributed by atoms with Crippen LogP contribution >= 0.6 is 11.3 Å². The Balaban J connectivity index is 0.807. The molecule has 3 aromatic heterocycles. The number of amides is 8. The van der Waals surface area contributed by atoms with Crippen LogP contribution in [0.25, 0.3) is 21.3 Å². The summed E-state index contributed by atoms with van der Waals surface area (Å²) in [6, 6.07) is 20.3. The smallest absolute Gasteiger partial charge is 0.410 e. The number of anilines is 3. The van der Waals surface area contributed by atoms with Crippen LogP contribution in [0.3, 0.4) is 0 Å². The lowest BCUT2D eigenvalue weighted by Gasteiger charge is -2.58. The van der Waals surface area contributed by atoms with E-state index < -0.39 is 81.9 Å². The van der Waals surface area contributed by atoms with Crippen LogP contribution in [-0.2, 0) is 69.7 Å². The van der Waals surface area contributed by atoms with Crippen molar-refractivity contribution >= 4 is 102 Å². The van der Waals surface area contributed by atoms with Gasteiger partial charge in [-0.3, -0.25) is 43.3 Å². The van der Waals surface area contributed by atoms with Gasteiger partial charge in [0, 0.05) is 86.7 Å². The SMILES string of the molecule is CCCC1(C)CC2(Cn3ncc(-c4ccc(N5CCc6cccc(C(=O)Nc7nc8ccccc8s7)c6C5)nc4C(=O)O)c3C)CCCC(OCCN(CCS(=O)(=O)O)C(=O)OCc3ccc(NC(=O)[C@H](CCCNC(N)=O)NC(=O)[C@@H](NC(=O)CCCCCNC(=O)CCC(=O)O)C(C)C)cc3)(C1)C2. The third kappa shape index (κ3) is 22.2. The predicted molar refractivity (Wildman–Crippen MR) is 395 cm³/mol. The first kappa shape index (κ1) is 79.5. The highest BCUT2D eigenvalue weighted by Crippen LogP contribution is 2.61. The number of para-hydroxylation sites is 1. The number of ether oxygens (including phenoxy) is 2. The van der Waals surface area contributed by atoms with Crippen LogP contribution in [-0.4, -0.2) is 164 Å². The number of hydrogen-bond acceptors (Lipinski definition) is 18. The van der Waals surface area contributed by atoms with Crippen LogP contribution in [0.1, 0.15) is 174 Å². The second-order valence-corrected chi connectivity index (χ2v) is 31.2. The molecule has 3 aromatic carbocycles. The first-order valence-electron chi connectivity index (χ1n) is 35.8. The normalized spacial score (nSPS) is 18.3. The van der Waals surface area contributed by atoms with Crippen molar-refractivity contribution in [2.24, 2.45) is 22.5 Å². The Hall–Kier alpha value is -9.59. The van der Waals surface area contributed by atoms with Gasteiger partial charge in [-0.05, 0) is 160 Å². The van der Waals surface area contributed by atoms with Gasteiger partial charge in [-0.1, -0.05) is 88.3 Å². The molecule has 0 saturated heterocycles. The van der Waals surface area contributed by atoms with Crippen LogP contribution in [0.2, 0.25) is 0 Å². The van der Waals surface area contributed by atoms with E-state index in [1.54, 1.807) is 56.4 Å². The minimum Gasteiger partial charge on any atom is -0.481 e. The highest BCUT2D eigenvalue weighted by molar-refractivity contribution is 7.85. The molecule has 6 aromatic rings. The molecule has 31 heteroatoms. The summed E-state index contributed by atoms with van der Waals surface area (Å²) in [6.07, 6.45) is 9.60. The summed E-state index contributed by atoms with van der Waals surface area (Å²) in [4.78, 5) is 128. The Morgan fingerprint density at radius 3 is 2.30 bits per heavy atom. The summed E-state index contributed by atoms with van der Waals surface area (Å²) in [6.45, 7) is 11.0. The number of carbonyl (C=O) groups excluding carboxylic acids is 7. The Labute approximate surface area is 614 Å². The van der Waals surface area contributed by atoms with Crippen molar-refractivity contribution < 1.29 is 75.8 Å². The number of hydrogen-bond donors (Lipinski definition) is 10. The average molecular weight is 1490 g/mol. The lowest BCUT2D eigenvalue weighted by atomic mass is 9.51. The molecule has 0 radical (unpaired) electrons. The van der Waals surface area contributed by atoms with Gasteiger partial charge >= 0.3 is 24.1 Å². The molecule has 105 heavy (non-hydrogen) atoms. The molecule has 3 unspecified atom stereocenters. The number of carboxylic acid groups (broad SMARTS) is 2. The molecule has 5 atom stereocenters. The molecular formula is C74H97N13O16S2. The van der Waals surface area contributed by atoms with Crippen molar-refractivity contribution in [3.63, 3.8) is 0 Å². The zero-order valence-electron chi connectivity index (χ0n) is 60.1. The molecule has 566 valence electrons. The standard InChI is InChI=1S/C74H97N13O16S2/c1-6-30-72(5)43-73(46-87-48(4)54(40-78-87)52-25-26-59(82-64(52)68(95)96)86-35-29-50-15-12-16-53(55(50)41-86)65(92)84-70-81-56-17-9-10-19-58(56)104-70)31-14-32-74(44-72,45-73)103-38-36-85(37-39-105(99,100)101)71(98)102-42-49-21-23-51(24-22-49)79-66(93)57(18-13-34-77-69(75)97)80-67(94)63(47(2)3)83-61(89)20-8-7-11-33-76-60(88)27-28-62(90)91/h9-10,12,15-17,19,21-26,40,47,57,63H,6-8,11,13-14,18,20,27-39,41-46H2,1-5H3,(H,76,88)(H,79,93)(H,80,94)(H,83,89)(H,90,91)(H,95,96)(H3,75,77,97)(H,81,84,92)(H,99,100,101)/t57-,63-,72?,73?,74?/m0/s1. The highest BCUT2D eigenvalue weighted by atomic mass is 32.2. The zero-order valence-corrected chi connectivity index (χ0v) is 61.8. The molecule has 1 aliphatic heterocycles. The largest absolute Gasteiger partial charge is 0.481 e. The first-order chi connectivity index (χ1) is 50.0. The van der Waals surface area contributed by atoms with E-state index in [0.29, 0.717) is 97.2 Å². The number of aromatic nitrogens is 4. The molecule has 2 bridgehead atoms. The van der Waals surface area contributed by atoms with E-state index in [9.17, 15) is 61.2 Å². The van der Waals surface area contributed by atoms with Crippen LogP contribution in [0.15, 0.2) is 85.1 Å². The van der Waals surface area contributed by atoms with Crippen molar-refractivity contribution in [2.45, 2.75) is 181 Å². The van der Waals surface area contributed by atoms with E-state index in [-0.39, 0.29) is 92.7 Å². The molecule has 2 aliphatic carbocycles. The average Bonchev–Trinajstić information content (AvgIpc) is 1.43. The number of fused-ring (bicyclic) bond motifs is 4. The Bertz CT molecular complexity index is 4210. The Morgan fingerprint density at radius 1 is 0.800 bits per heavy atom. The number of nitrogens with zero attached hydrogens (tertiary/aromatic N) is 6. The number of nitrogens with one attached hydrogen (secondary N) is 6. The monoisotopic (exact) mass is 1490 g/mol. The van der Waals surface area contributed by atoms with E-state index >= 15 is 0 Å². The van der Waals surface area contributed by atoms with Crippen molar-refractivity contribution in [3.8, 4) is 11.1 Å². The molecular weight excluding hydrogens is 1390 g/mol. The molecule has 0 spiro atoms. The van der Waals surface area contributed by atoms with Crippen molar-refractivity contribution in [3.05, 3.63) is 119 Å². The third-order valence-corrected chi connectivity index (χ3v) is 21.5. The maximum atomic E-state index is 13.9. The fraction of sp³-hybridized carbons (Fsp3) is 0.514. The summed E-state index contributed by atoms with van der Waals surface area (Å²) >= 11 is 1.40. The number of aromatic carboxylic acids is 1. The second kappa shape index (κ2) is 35.9. The number of thiazole rings is 1. The molecule has 2 saturated carbocycles. The second-order valence-electron chi connectivity index (χ2n) is 28.6.